The van der Waals surface area contributed by atoms with Gasteiger partial charge in [-0.3, -0.25) is 4.99 Å². The number of allylic oxidation sites excluding steroid dienone is 1. The minimum absolute atomic E-state index is 0.338. The van der Waals surface area contributed by atoms with Gasteiger partial charge in [0.05, 0.1) is 6.54 Å². The normalized spacial score (nSPS) is 21.8. The van der Waals surface area contributed by atoms with Crippen LogP contribution >= 0.6 is 0 Å². The lowest BCUT2D eigenvalue weighted by atomic mass is 10.2. The van der Waals surface area contributed by atoms with Gasteiger partial charge in [-0.2, -0.15) is 0 Å². The topological polar surface area (TPSA) is 21.6 Å². The highest BCUT2D eigenvalue weighted by Gasteiger charge is 2.16. The average molecular weight is 167 g/mol. The Labute approximate surface area is 74.3 Å². The highest BCUT2D eigenvalue weighted by Crippen LogP contribution is 2.12. The van der Waals surface area contributed by atoms with Gasteiger partial charge < -0.3 is 4.74 Å². The highest BCUT2D eigenvalue weighted by atomic mass is 16.5. The molecule has 1 heterocycles. The maximum atomic E-state index is 5.57. The van der Waals surface area contributed by atoms with E-state index in [0.29, 0.717) is 6.10 Å². The zero-order valence-corrected chi connectivity index (χ0v) is 7.97. The first-order chi connectivity index (χ1) is 5.72. The molecular formula is C10H17NO. The molecular weight excluding hydrogens is 150 g/mol. The summed E-state index contributed by atoms with van der Waals surface area (Å²) in [5.41, 5.74) is 1.20. The maximum absolute atomic E-state index is 5.57. The zero-order chi connectivity index (χ0) is 8.97. The van der Waals surface area contributed by atoms with Gasteiger partial charge in [0.1, 0.15) is 6.10 Å². The second kappa shape index (κ2) is 4.29. The lowest BCUT2D eigenvalue weighted by molar-refractivity contribution is 0.214. The molecule has 0 fully saturated rings. The van der Waals surface area contributed by atoms with Crippen LogP contribution in [0.15, 0.2) is 17.1 Å². The summed E-state index contributed by atoms with van der Waals surface area (Å²) < 4.78 is 5.57. The summed E-state index contributed by atoms with van der Waals surface area (Å²) >= 11 is 0. The molecule has 12 heavy (non-hydrogen) atoms. The summed E-state index contributed by atoms with van der Waals surface area (Å²) in [5.74, 6) is 0.921. The number of aliphatic imine (C=N–C) groups is 1. The second-order valence-electron chi connectivity index (χ2n) is 3.34. The lowest BCUT2D eigenvalue weighted by Gasteiger charge is -2.07. The van der Waals surface area contributed by atoms with E-state index in [4.69, 9.17) is 4.74 Å². The Morgan fingerprint density at radius 1 is 1.75 bits per heavy atom. The second-order valence-corrected chi connectivity index (χ2v) is 3.34. The largest absolute Gasteiger partial charge is 0.476 e. The summed E-state index contributed by atoms with van der Waals surface area (Å²) in [6, 6.07) is 0. The van der Waals surface area contributed by atoms with Crippen LogP contribution in [0.4, 0.5) is 0 Å². The van der Waals surface area contributed by atoms with Crippen LogP contribution in [0.5, 0.6) is 0 Å². The third-order valence-electron chi connectivity index (χ3n) is 1.99. The number of rotatable bonds is 4. The van der Waals surface area contributed by atoms with Crippen LogP contribution < -0.4 is 0 Å². The highest BCUT2D eigenvalue weighted by molar-refractivity contribution is 5.77. The van der Waals surface area contributed by atoms with Crippen molar-refractivity contribution in [1.82, 2.24) is 0 Å². The molecule has 1 aliphatic heterocycles. The van der Waals surface area contributed by atoms with Crippen LogP contribution in [-0.4, -0.2) is 18.5 Å². The quantitative estimate of drug-likeness (QED) is 0.590. The van der Waals surface area contributed by atoms with Gasteiger partial charge in [0.2, 0.25) is 0 Å². The Balaban J connectivity index is 2.23. The fourth-order valence-corrected chi connectivity index (χ4v) is 1.14. The average Bonchev–Trinajstić information content (AvgIpc) is 2.48. The van der Waals surface area contributed by atoms with E-state index in [-0.39, 0.29) is 0 Å². The van der Waals surface area contributed by atoms with E-state index in [0.717, 1.165) is 31.7 Å². The summed E-state index contributed by atoms with van der Waals surface area (Å²) in [6.45, 7) is 8.86. The molecule has 1 unspecified atom stereocenters. The van der Waals surface area contributed by atoms with Crippen molar-refractivity contribution in [3.8, 4) is 0 Å². The molecule has 0 aliphatic carbocycles. The smallest absolute Gasteiger partial charge is 0.184 e. The molecule has 0 bridgehead atoms. The van der Waals surface area contributed by atoms with Crippen molar-refractivity contribution in [2.45, 2.75) is 39.2 Å². The van der Waals surface area contributed by atoms with Gasteiger partial charge in [-0.25, -0.2) is 0 Å². The van der Waals surface area contributed by atoms with E-state index in [1.165, 1.54) is 5.57 Å². The Morgan fingerprint density at radius 3 is 3.00 bits per heavy atom. The first kappa shape index (κ1) is 9.30. The van der Waals surface area contributed by atoms with Gasteiger partial charge in [0, 0.05) is 6.42 Å². The van der Waals surface area contributed by atoms with Crippen molar-refractivity contribution in [3.05, 3.63) is 12.2 Å². The van der Waals surface area contributed by atoms with E-state index < -0.39 is 0 Å². The number of nitrogens with zero attached hydrogens (tertiary/aromatic N) is 1. The van der Waals surface area contributed by atoms with Crippen molar-refractivity contribution in [1.29, 1.82) is 0 Å². The van der Waals surface area contributed by atoms with E-state index in [1.807, 2.05) is 6.92 Å². The van der Waals surface area contributed by atoms with Gasteiger partial charge in [-0.05, 0) is 19.8 Å². The molecule has 0 N–H and O–H groups in total. The van der Waals surface area contributed by atoms with Crippen molar-refractivity contribution >= 4 is 5.90 Å². The number of hydrogen-bond donors (Lipinski definition) is 0. The van der Waals surface area contributed by atoms with Gasteiger partial charge in [0.15, 0.2) is 5.90 Å². The van der Waals surface area contributed by atoms with Gasteiger partial charge in [-0.1, -0.05) is 12.5 Å². The predicted octanol–water partition coefficient (Wildman–Crippen LogP) is 2.55. The van der Waals surface area contributed by atoms with Crippen LogP contribution in [0.3, 0.4) is 0 Å². The molecule has 1 aliphatic rings. The molecule has 2 nitrogen and oxygen atoms in total. The lowest BCUT2D eigenvalue weighted by Crippen LogP contribution is -2.11. The minimum atomic E-state index is 0.338. The van der Waals surface area contributed by atoms with E-state index in [1.54, 1.807) is 0 Å². The Hall–Kier alpha value is -0.790. The van der Waals surface area contributed by atoms with Gasteiger partial charge in [0.25, 0.3) is 0 Å². The number of hydrogen-bond acceptors (Lipinski definition) is 2. The third-order valence-corrected chi connectivity index (χ3v) is 1.99. The van der Waals surface area contributed by atoms with Crippen LogP contribution in [0.2, 0.25) is 0 Å². The maximum Gasteiger partial charge on any atom is 0.184 e. The molecule has 0 amide bonds. The molecule has 0 saturated carbocycles. The molecule has 2 heteroatoms. The molecule has 0 aromatic heterocycles. The number of ether oxygens (including phenoxy) is 1. The first-order valence-electron chi connectivity index (χ1n) is 4.56. The Bertz CT molecular complexity index is 196. The molecule has 0 spiro atoms. The molecule has 1 atom stereocenters. The molecule has 0 radical (unpaired) electrons. The van der Waals surface area contributed by atoms with Crippen molar-refractivity contribution in [2.75, 3.05) is 6.54 Å². The summed E-state index contributed by atoms with van der Waals surface area (Å²) in [5, 5.41) is 0. The first-order valence-corrected chi connectivity index (χ1v) is 4.56. The van der Waals surface area contributed by atoms with E-state index >= 15 is 0 Å². The van der Waals surface area contributed by atoms with Gasteiger partial charge >= 0.3 is 0 Å². The van der Waals surface area contributed by atoms with E-state index in [9.17, 15) is 0 Å². The van der Waals surface area contributed by atoms with Gasteiger partial charge in [-0.15, -0.1) is 6.58 Å². The van der Waals surface area contributed by atoms with Crippen LogP contribution in [0.25, 0.3) is 0 Å². The molecule has 1 rings (SSSR count). The predicted molar refractivity (Wildman–Crippen MR) is 51.5 cm³/mol. The monoisotopic (exact) mass is 167 g/mol. The standard InChI is InChI=1S/C10H17NO/c1-4-9-7-11-10(12-9)6-5-8(2)3/h9H,2,4-7H2,1,3H3. The summed E-state index contributed by atoms with van der Waals surface area (Å²) in [6.07, 6.45) is 3.31. The molecule has 0 saturated heterocycles. The van der Waals surface area contributed by atoms with Crippen LogP contribution in [0, 0.1) is 0 Å². The summed E-state index contributed by atoms with van der Waals surface area (Å²) in [7, 11) is 0. The zero-order valence-electron chi connectivity index (χ0n) is 7.97. The Morgan fingerprint density at radius 2 is 2.50 bits per heavy atom. The van der Waals surface area contributed by atoms with Crippen molar-refractivity contribution < 1.29 is 4.74 Å². The molecule has 0 aromatic rings. The minimum Gasteiger partial charge on any atom is -0.476 e. The van der Waals surface area contributed by atoms with Crippen molar-refractivity contribution in [3.63, 3.8) is 0 Å². The van der Waals surface area contributed by atoms with Crippen molar-refractivity contribution in [2.24, 2.45) is 4.99 Å². The Kier molecular flexibility index (Phi) is 3.32. The summed E-state index contributed by atoms with van der Waals surface area (Å²) in [4.78, 5) is 4.31. The fraction of sp³-hybridized carbons (Fsp3) is 0.700. The SMILES string of the molecule is C=C(C)CCC1=NCC(CC)O1. The molecule has 68 valence electrons. The van der Waals surface area contributed by atoms with Crippen LogP contribution in [0.1, 0.15) is 33.1 Å². The third kappa shape index (κ3) is 2.68. The fourth-order valence-electron chi connectivity index (χ4n) is 1.14. The molecule has 0 aromatic carbocycles. The van der Waals surface area contributed by atoms with E-state index in [2.05, 4.69) is 18.5 Å². The van der Waals surface area contributed by atoms with Crippen LogP contribution in [-0.2, 0) is 4.74 Å².